The maximum Gasteiger partial charge on any atom is 0.339 e. The molecule has 1 saturated carbocycles. The normalized spacial score (nSPS) is 16.1. The summed E-state index contributed by atoms with van der Waals surface area (Å²) in [6.07, 6.45) is 3.99. The summed E-state index contributed by atoms with van der Waals surface area (Å²) in [7, 11) is 0. The van der Waals surface area contributed by atoms with Crippen LogP contribution in [0.2, 0.25) is 5.02 Å². The summed E-state index contributed by atoms with van der Waals surface area (Å²) in [6, 6.07) is 7.41. The summed E-state index contributed by atoms with van der Waals surface area (Å²) < 4.78 is 1.76. The van der Waals surface area contributed by atoms with Crippen LogP contribution < -0.4 is 0 Å². The molecule has 0 amide bonds. The van der Waals surface area contributed by atoms with Crippen molar-refractivity contribution in [3.8, 4) is 11.3 Å². The van der Waals surface area contributed by atoms with Gasteiger partial charge in [-0.05, 0) is 31.7 Å². The Balaban J connectivity index is 2.09. The molecule has 3 rings (SSSR count). The van der Waals surface area contributed by atoms with Gasteiger partial charge in [0.15, 0.2) is 0 Å². The molecule has 1 aromatic heterocycles. The number of carboxylic acids is 1. The first-order valence-corrected chi connectivity index (χ1v) is 7.03. The molecule has 0 saturated heterocycles. The summed E-state index contributed by atoms with van der Waals surface area (Å²) >= 11 is 6.16. The van der Waals surface area contributed by atoms with Crippen LogP contribution in [0.4, 0.5) is 0 Å². The molecule has 4 nitrogen and oxygen atoms in total. The highest BCUT2D eigenvalue weighted by atomic mass is 35.5. The van der Waals surface area contributed by atoms with E-state index in [4.69, 9.17) is 11.6 Å². The summed E-state index contributed by atoms with van der Waals surface area (Å²) in [5.41, 5.74) is 1.30. The van der Waals surface area contributed by atoms with Crippen molar-refractivity contribution < 1.29 is 9.90 Å². The molecule has 0 bridgehead atoms. The number of hydrogen-bond donors (Lipinski definition) is 1. The van der Waals surface area contributed by atoms with Gasteiger partial charge in [0.05, 0.1) is 11.1 Å². The topological polar surface area (TPSA) is 55.1 Å². The third-order valence-corrected chi connectivity index (χ3v) is 4.14. The van der Waals surface area contributed by atoms with Crippen molar-refractivity contribution in [3.05, 3.63) is 41.0 Å². The lowest BCUT2D eigenvalue weighted by Crippen LogP contribution is -2.07. The van der Waals surface area contributed by atoms with Gasteiger partial charge in [0, 0.05) is 11.8 Å². The summed E-state index contributed by atoms with van der Waals surface area (Å²) in [5, 5.41) is 14.4. The fraction of sp³-hybridized carbons (Fsp3) is 0.333. The Morgan fingerprint density at radius 3 is 2.75 bits per heavy atom. The van der Waals surface area contributed by atoms with Crippen molar-refractivity contribution in [1.29, 1.82) is 0 Å². The molecule has 1 N–H and O–H groups in total. The standard InChI is InChI=1S/C15H15ClN2O2/c1-9(10-6-7-10)18-8-12(15(19)20)14(17-18)11-4-2-3-5-13(11)16/h2-5,8-10H,6-7H2,1H3,(H,19,20). The van der Waals surface area contributed by atoms with Crippen molar-refractivity contribution in [3.63, 3.8) is 0 Å². The van der Waals surface area contributed by atoms with Gasteiger partial charge in [-0.25, -0.2) is 4.79 Å². The highest BCUT2D eigenvalue weighted by Crippen LogP contribution is 2.40. The lowest BCUT2D eigenvalue weighted by atomic mass is 10.1. The molecule has 2 aromatic rings. The molecule has 5 heteroatoms. The molecule has 1 unspecified atom stereocenters. The predicted molar refractivity (Wildman–Crippen MR) is 77.1 cm³/mol. The van der Waals surface area contributed by atoms with E-state index in [1.165, 1.54) is 12.8 Å². The maximum atomic E-state index is 11.4. The zero-order valence-corrected chi connectivity index (χ0v) is 11.8. The van der Waals surface area contributed by atoms with Gasteiger partial charge in [0.25, 0.3) is 0 Å². The second-order valence-corrected chi connectivity index (χ2v) is 5.64. The molecule has 1 aliphatic carbocycles. The molecule has 0 aliphatic heterocycles. The molecule has 20 heavy (non-hydrogen) atoms. The van der Waals surface area contributed by atoms with Crippen LogP contribution >= 0.6 is 11.6 Å². The largest absolute Gasteiger partial charge is 0.478 e. The molecule has 1 fully saturated rings. The third-order valence-electron chi connectivity index (χ3n) is 3.81. The number of benzene rings is 1. The van der Waals surface area contributed by atoms with Gasteiger partial charge in [-0.15, -0.1) is 0 Å². The summed E-state index contributed by atoms with van der Waals surface area (Å²) in [6.45, 7) is 2.08. The van der Waals surface area contributed by atoms with Gasteiger partial charge < -0.3 is 5.11 Å². The molecule has 1 heterocycles. The quantitative estimate of drug-likeness (QED) is 0.930. The highest BCUT2D eigenvalue weighted by Gasteiger charge is 2.31. The van der Waals surface area contributed by atoms with E-state index in [2.05, 4.69) is 12.0 Å². The van der Waals surface area contributed by atoms with E-state index in [9.17, 15) is 9.90 Å². The molecule has 1 aliphatic rings. The molecule has 1 atom stereocenters. The fourth-order valence-electron chi connectivity index (χ4n) is 2.40. The van der Waals surface area contributed by atoms with Gasteiger partial charge in [0.1, 0.15) is 11.3 Å². The van der Waals surface area contributed by atoms with Crippen LogP contribution in [0.1, 0.15) is 36.2 Å². The SMILES string of the molecule is CC(C1CC1)n1cc(C(=O)O)c(-c2ccccc2Cl)n1. The highest BCUT2D eigenvalue weighted by molar-refractivity contribution is 6.33. The first kappa shape index (κ1) is 13.2. The van der Waals surface area contributed by atoms with Crippen molar-refractivity contribution in [2.24, 2.45) is 5.92 Å². The second kappa shape index (κ2) is 4.94. The fourth-order valence-corrected chi connectivity index (χ4v) is 2.63. The van der Waals surface area contributed by atoms with E-state index in [1.807, 2.05) is 12.1 Å². The minimum atomic E-state index is -0.978. The van der Waals surface area contributed by atoms with Crippen LogP contribution in [-0.4, -0.2) is 20.9 Å². The van der Waals surface area contributed by atoms with Gasteiger partial charge in [0.2, 0.25) is 0 Å². The van der Waals surface area contributed by atoms with Gasteiger partial charge in [-0.2, -0.15) is 5.10 Å². The zero-order valence-electron chi connectivity index (χ0n) is 11.1. The predicted octanol–water partition coefficient (Wildman–Crippen LogP) is 3.87. The number of rotatable bonds is 4. The van der Waals surface area contributed by atoms with Gasteiger partial charge >= 0.3 is 5.97 Å². The van der Waals surface area contributed by atoms with Crippen LogP contribution in [0.25, 0.3) is 11.3 Å². The van der Waals surface area contributed by atoms with Crippen molar-refractivity contribution in [1.82, 2.24) is 9.78 Å². The molecule has 104 valence electrons. The Hall–Kier alpha value is -1.81. The molecule has 0 radical (unpaired) electrons. The Bertz CT molecular complexity index is 662. The van der Waals surface area contributed by atoms with E-state index < -0.39 is 5.97 Å². The average Bonchev–Trinajstić information content (AvgIpc) is 3.17. The number of aromatic nitrogens is 2. The molecule has 1 aromatic carbocycles. The first-order chi connectivity index (χ1) is 9.58. The summed E-state index contributed by atoms with van der Waals surface area (Å²) in [5.74, 6) is -0.371. The minimum Gasteiger partial charge on any atom is -0.478 e. The molecule has 0 spiro atoms. The van der Waals surface area contributed by atoms with E-state index in [-0.39, 0.29) is 11.6 Å². The number of carboxylic acid groups (broad SMARTS) is 1. The number of aromatic carboxylic acids is 1. The number of nitrogens with zero attached hydrogens (tertiary/aromatic N) is 2. The van der Waals surface area contributed by atoms with Crippen LogP contribution in [0.5, 0.6) is 0 Å². The average molecular weight is 291 g/mol. The van der Waals surface area contributed by atoms with Crippen molar-refractivity contribution in [2.45, 2.75) is 25.8 Å². The maximum absolute atomic E-state index is 11.4. The van der Waals surface area contributed by atoms with Gasteiger partial charge in [-0.1, -0.05) is 29.8 Å². The van der Waals surface area contributed by atoms with Crippen LogP contribution in [0, 0.1) is 5.92 Å². The second-order valence-electron chi connectivity index (χ2n) is 5.23. The van der Waals surface area contributed by atoms with Crippen molar-refractivity contribution in [2.75, 3.05) is 0 Å². The van der Waals surface area contributed by atoms with Crippen LogP contribution in [0.3, 0.4) is 0 Å². The zero-order chi connectivity index (χ0) is 14.3. The van der Waals surface area contributed by atoms with E-state index in [1.54, 1.807) is 23.0 Å². The first-order valence-electron chi connectivity index (χ1n) is 6.65. The Labute approximate surface area is 122 Å². The smallest absolute Gasteiger partial charge is 0.339 e. The Morgan fingerprint density at radius 2 is 2.15 bits per heavy atom. The Morgan fingerprint density at radius 1 is 1.45 bits per heavy atom. The number of halogens is 1. The van der Waals surface area contributed by atoms with Crippen LogP contribution in [0.15, 0.2) is 30.5 Å². The lowest BCUT2D eigenvalue weighted by molar-refractivity contribution is 0.0697. The summed E-state index contributed by atoms with van der Waals surface area (Å²) in [4.78, 5) is 11.4. The van der Waals surface area contributed by atoms with E-state index in [0.29, 0.717) is 22.2 Å². The number of hydrogen-bond acceptors (Lipinski definition) is 2. The molecular formula is C15H15ClN2O2. The third kappa shape index (κ3) is 2.31. The van der Waals surface area contributed by atoms with Crippen molar-refractivity contribution >= 4 is 17.6 Å². The van der Waals surface area contributed by atoms with Gasteiger partial charge in [-0.3, -0.25) is 4.68 Å². The van der Waals surface area contributed by atoms with E-state index >= 15 is 0 Å². The van der Waals surface area contributed by atoms with E-state index in [0.717, 1.165) is 0 Å². The number of carbonyl (C=O) groups is 1. The van der Waals surface area contributed by atoms with Crippen LogP contribution in [-0.2, 0) is 0 Å². The Kier molecular flexibility index (Phi) is 3.26. The molecular weight excluding hydrogens is 276 g/mol. The minimum absolute atomic E-state index is 0.200. The monoisotopic (exact) mass is 290 g/mol. The lowest BCUT2D eigenvalue weighted by Gasteiger charge is -2.09.